The van der Waals surface area contributed by atoms with E-state index in [4.69, 9.17) is 18.9 Å². The third-order valence-electron chi connectivity index (χ3n) is 7.94. The highest BCUT2D eigenvalue weighted by Crippen LogP contribution is 2.53. The Morgan fingerprint density at radius 3 is 2.45 bits per heavy atom. The van der Waals surface area contributed by atoms with Gasteiger partial charge >= 0.3 is 12.1 Å². The van der Waals surface area contributed by atoms with Gasteiger partial charge in [0.2, 0.25) is 0 Å². The minimum Gasteiger partial charge on any atom is -0.456 e. The largest absolute Gasteiger partial charge is 0.456 e. The quantitative estimate of drug-likeness (QED) is 0.208. The molecule has 1 amide bonds. The molecule has 2 aliphatic carbocycles. The van der Waals surface area contributed by atoms with Crippen molar-refractivity contribution in [1.29, 1.82) is 0 Å². The van der Waals surface area contributed by atoms with Crippen molar-refractivity contribution in [2.24, 2.45) is 0 Å². The number of hydrogen-bond donors (Lipinski definition) is 1. The molecule has 210 valence electrons. The Bertz CT molecular complexity index is 1010. The minimum atomic E-state index is -0.896. The zero-order valence-electron chi connectivity index (χ0n) is 23.3. The van der Waals surface area contributed by atoms with Gasteiger partial charge in [-0.1, -0.05) is 31.9 Å². The standard InChI is InChI=1S/C30H43NO7/c1-5-30(36-15-16-37-30)14-8-6-7-9-25(31-28(34)38-29(2,3)4)27(33)35-19-26(32)22-12-13-23-20-10-11-21(17-20)24(23)18-22/h12-13,18,20-21,25H,5-11,14-17,19H2,1-4H3,(H,31,34)/t20?,21?,25-/m0/s1. The van der Waals surface area contributed by atoms with Gasteiger partial charge in [-0.05, 0) is 88.3 Å². The summed E-state index contributed by atoms with van der Waals surface area (Å²) in [6, 6.07) is 4.98. The molecule has 1 saturated carbocycles. The van der Waals surface area contributed by atoms with E-state index < -0.39 is 29.5 Å². The maximum Gasteiger partial charge on any atom is 0.408 e. The number of hydrogen-bond acceptors (Lipinski definition) is 7. The van der Waals surface area contributed by atoms with Crippen LogP contribution in [-0.2, 0) is 23.7 Å². The molecule has 1 N–H and O–H groups in total. The highest BCUT2D eigenvalue weighted by Gasteiger charge is 2.37. The lowest BCUT2D eigenvalue weighted by molar-refractivity contribution is -0.164. The predicted molar refractivity (Wildman–Crippen MR) is 142 cm³/mol. The van der Waals surface area contributed by atoms with Crippen molar-refractivity contribution in [3.05, 3.63) is 34.9 Å². The SMILES string of the molecule is CCC1(CCCCC[C@H](NC(=O)OC(C)(C)C)C(=O)OCC(=O)c2ccc3c(c2)C2CCC3C2)OCCO1. The summed E-state index contributed by atoms with van der Waals surface area (Å²) in [7, 11) is 0. The van der Waals surface area contributed by atoms with Gasteiger partial charge in [0, 0.05) is 12.0 Å². The van der Waals surface area contributed by atoms with Crippen molar-refractivity contribution >= 4 is 17.8 Å². The molecule has 2 fully saturated rings. The van der Waals surface area contributed by atoms with Crippen LogP contribution in [0.3, 0.4) is 0 Å². The molecule has 1 aliphatic heterocycles. The van der Waals surface area contributed by atoms with Gasteiger partial charge in [0.25, 0.3) is 0 Å². The maximum atomic E-state index is 13.0. The monoisotopic (exact) mass is 529 g/mol. The summed E-state index contributed by atoms with van der Waals surface area (Å²) in [6.07, 6.45) is 7.28. The molecule has 2 bridgehead atoms. The van der Waals surface area contributed by atoms with E-state index in [0.717, 1.165) is 25.7 Å². The predicted octanol–water partition coefficient (Wildman–Crippen LogP) is 5.77. The van der Waals surface area contributed by atoms with Crippen molar-refractivity contribution in [1.82, 2.24) is 5.32 Å². The topological polar surface area (TPSA) is 100 Å². The Kier molecular flexibility index (Phi) is 9.14. The van der Waals surface area contributed by atoms with Crippen LogP contribution in [0.1, 0.15) is 119 Å². The van der Waals surface area contributed by atoms with Crippen molar-refractivity contribution < 1.29 is 33.3 Å². The lowest BCUT2D eigenvalue weighted by Crippen LogP contribution is -2.44. The fourth-order valence-electron chi connectivity index (χ4n) is 5.98. The lowest BCUT2D eigenvalue weighted by Gasteiger charge is -2.26. The van der Waals surface area contributed by atoms with Crippen molar-refractivity contribution in [2.75, 3.05) is 19.8 Å². The van der Waals surface area contributed by atoms with Crippen LogP contribution < -0.4 is 5.32 Å². The molecule has 8 nitrogen and oxygen atoms in total. The zero-order chi connectivity index (χ0) is 27.3. The fourth-order valence-corrected chi connectivity index (χ4v) is 5.98. The number of ether oxygens (including phenoxy) is 4. The molecule has 4 rings (SSSR count). The number of unbranched alkanes of at least 4 members (excludes halogenated alkanes) is 2. The maximum absolute atomic E-state index is 13.0. The number of esters is 1. The first-order valence-electron chi connectivity index (χ1n) is 14.2. The number of benzene rings is 1. The van der Waals surface area contributed by atoms with Crippen LogP contribution in [0.15, 0.2) is 18.2 Å². The normalized spacial score (nSPS) is 22.1. The van der Waals surface area contributed by atoms with Crippen molar-refractivity contribution in [2.45, 2.75) is 115 Å². The highest BCUT2D eigenvalue weighted by atomic mass is 16.7. The summed E-state index contributed by atoms with van der Waals surface area (Å²) in [4.78, 5) is 38.2. The van der Waals surface area contributed by atoms with E-state index in [-0.39, 0.29) is 12.4 Å². The Balaban J connectivity index is 1.29. The van der Waals surface area contributed by atoms with Crippen LogP contribution >= 0.6 is 0 Å². The van der Waals surface area contributed by atoms with Gasteiger partial charge in [0.1, 0.15) is 11.6 Å². The van der Waals surface area contributed by atoms with Gasteiger partial charge in [-0.25, -0.2) is 9.59 Å². The first-order valence-corrected chi connectivity index (χ1v) is 14.2. The second-order valence-electron chi connectivity index (χ2n) is 11.8. The minimum absolute atomic E-state index is 0.235. The van der Waals surface area contributed by atoms with E-state index in [1.54, 1.807) is 20.8 Å². The molecule has 1 aromatic carbocycles. The Morgan fingerprint density at radius 1 is 1.05 bits per heavy atom. The molecule has 3 atom stereocenters. The van der Waals surface area contributed by atoms with Gasteiger partial charge in [-0.15, -0.1) is 0 Å². The first kappa shape index (κ1) is 28.6. The fraction of sp³-hybridized carbons (Fsp3) is 0.700. The highest BCUT2D eigenvalue weighted by molar-refractivity contribution is 5.98. The molecule has 8 heteroatoms. The molecule has 1 heterocycles. The van der Waals surface area contributed by atoms with E-state index >= 15 is 0 Å². The third-order valence-corrected chi connectivity index (χ3v) is 7.94. The average molecular weight is 530 g/mol. The van der Waals surface area contributed by atoms with E-state index in [1.807, 2.05) is 12.1 Å². The summed E-state index contributed by atoms with van der Waals surface area (Å²) in [5, 5.41) is 2.64. The van der Waals surface area contributed by atoms with E-state index in [0.29, 0.717) is 43.5 Å². The molecule has 38 heavy (non-hydrogen) atoms. The van der Waals surface area contributed by atoms with Crippen LogP contribution in [-0.4, -0.2) is 55.1 Å². The Morgan fingerprint density at radius 2 is 1.76 bits per heavy atom. The van der Waals surface area contributed by atoms with Gasteiger partial charge in [0.15, 0.2) is 18.2 Å². The van der Waals surface area contributed by atoms with Crippen LogP contribution in [0.2, 0.25) is 0 Å². The first-order chi connectivity index (χ1) is 18.1. The van der Waals surface area contributed by atoms with E-state index in [1.165, 1.54) is 30.4 Å². The van der Waals surface area contributed by atoms with Gasteiger partial charge in [-0.3, -0.25) is 4.79 Å². The number of alkyl carbamates (subject to hydrolysis) is 1. The number of carbonyl (C=O) groups is 3. The van der Waals surface area contributed by atoms with Crippen molar-refractivity contribution in [3.63, 3.8) is 0 Å². The number of fused-ring (bicyclic) bond motifs is 5. The smallest absolute Gasteiger partial charge is 0.408 e. The zero-order valence-corrected chi connectivity index (χ0v) is 23.3. The van der Waals surface area contributed by atoms with E-state index in [9.17, 15) is 14.4 Å². The molecule has 0 radical (unpaired) electrons. The number of amides is 1. The molecular formula is C30H43NO7. The number of rotatable bonds is 12. The molecule has 0 aromatic heterocycles. The van der Waals surface area contributed by atoms with Crippen LogP contribution in [0.4, 0.5) is 4.79 Å². The second kappa shape index (κ2) is 12.2. The average Bonchev–Trinajstić information content (AvgIpc) is 3.62. The second-order valence-corrected chi connectivity index (χ2v) is 11.8. The Labute approximate surface area is 226 Å². The molecule has 0 spiro atoms. The van der Waals surface area contributed by atoms with Gasteiger partial charge < -0.3 is 24.3 Å². The Hall–Kier alpha value is -2.45. The van der Waals surface area contributed by atoms with Crippen LogP contribution in [0, 0.1) is 0 Å². The summed E-state index contributed by atoms with van der Waals surface area (Å²) >= 11 is 0. The van der Waals surface area contributed by atoms with Crippen molar-refractivity contribution in [3.8, 4) is 0 Å². The number of nitrogens with one attached hydrogen (secondary N) is 1. The van der Waals surface area contributed by atoms with E-state index in [2.05, 4.69) is 18.3 Å². The number of ketones is 1. The third kappa shape index (κ3) is 7.14. The summed E-state index contributed by atoms with van der Waals surface area (Å²) in [5.41, 5.74) is 2.52. The summed E-state index contributed by atoms with van der Waals surface area (Å²) in [6.45, 7) is 8.22. The molecule has 2 unspecified atom stereocenters. The van der Waals surface area contributed by atoms with Gasteiger partial charge in [-0.2, -0.15) is 0 Å². The molecule has 1 aromatic rings. The van der Waals surface area contributed by atoms with Crippen LogP contribution in [0.25, 0.3) is 0 Å². The van der Waals surface area contributed by atoms with Gasteiger partial charge in [0.05, 0.1) is 13.2 Å². The summed E-state index contributed by atoms with van der Waals surface area (Å²) < 4.78 is 22.3. The van der Waals surface area contributed by atoms with Crippen LogP contribution in [0.5, 0.6) is 0 Å². The number of carbonyl (C=O) groups excluding carboxylic acids is 3. The molecule has 1 saturated heterocycles. The number of Topliss-reactive ketones (excluding diaryl/α,β-unsaturated/α-hetero) is 1. The summed E-state index contributed by atoms with van der Waals surface area (Å²) in [5.74, 6) is -0.183. The lowest BCUT2D eigenvalue weighted by atomic mass is 9.90. The molecular weight excluding hydrogens is 486 g/mol. The molecule has 3 aliphatic rings.